The summed E-state index contributed by atoms with van der Waals surface area (Å²) in [7, 11) is 0. The smallest absolute Gasteiger partial charge is 0.416 e. The van der Waals surface area contributed by atoms with E-state index in [4.69, 9.17) is 4.74 Å². The van der Waals surface area contributed by atoms with Crippen molar-refractivity contribution < 1.29 is 27.8 Å². The maximum absolute atomic E-state index is 12.9. The molecule has 2 aliphatic rings. The second-order valence-electron chi connectivity index (χ2n) is 7.89. The van der Waals surface area contributed by atoms with Gasteiger partial charge in [-0.15, -0.1) is 10.2 Å². The number of carbonyl (C=O) groups excluding carboxylic acids is 1. The van der Waals surface area contributed by atoms with Gasteiger partial charge in [0.2, 0.25) is 5.91 Å². The van der Waals surface area contributed by atoms with Gasteiger partial charge in [0.1, 0.15) is 5.75 Å². The average Bonchev–Trinajstić information content (AvgIpc) is 2.72. The fourth-order valence-corrected chi connectivity index (χ4v) is 4.23. The van der Waals surface area contributed by atoms with E-state index < -0.39 is 17.5 Å². The van der Waals surface area contributed by atoms with Crippen LogP contribution in [-0.2, 0) is 15.7 Å². The molecule has 10 heteroatoms. The van der Waals surface area contributed by atoms with E-state index in [1.165, 1.54) is 6.07 Å². The van der Waals surface area contributed by atoms with Gasteiger partial charge in [0, 0.05) is 32.1 Å². The first-order valence-electron chi connectivity index (χ1n) is 10.0. The Labute approximate surface area is 177 Å². The van der Waals surface area contributed by atoms with E-state index in [1.54, 1.807) is 24.8 Å². The number of phenols is 1. The maximum Gasteiger partial charge on any atom is 0.416 e. The Morgan fingerprint density at radius 3 is 2.65 bits per heavy atom. The quantitative estimate of drug-likeness (QED) is 0.780. The van der Waals surface area contributed by atoms with Gasteiger partial charge in [0.25, 0.3) is 0 Å². The number of aryl methyl sites for hydroxylation is 1. The van der Waals surface area contributed by atoms with E-state index in [2.05, 4.69) is 15.1 Å². The molecular formula is C21H23F3N4O3. The normalized spacial score (nSPS) is 21.7. The summed E-state index contributed by atoms with van der Waals surface area (Å²) in [5, 5.41) is 18.7. The lowest BCUT2D eigenvalue weighted by atomic mass is 9.98. The molecule has 7 nitrogen and oxygen atoms in total. The number of benzene rings is 1. The highest BCUT2D eigenvalue weighted by Gasteiger charge is 2.39. The lowest BCUT2D eigenvalue weighted by Gasteiger charge is -2.47. The van der Waals surface area contributed by atoms with Crippen LogP contribution in [0.5, 0.6) is 5.75 Å². The van der Waals surface area contributed by atoms with E-state index in [1.807, 2.05) is 0 Å². The van der Waals surface area contributed by atoms with Gasteiger partial charge in [-0.05, 0) is 43.2 Å². The number of fused-ring (bicyclic) bond motifs is 1. The molecule has 0 saturated carbocycles. The number of likely N-dealkylation sites (tertiary alicyclic amines) is 1. The highest BCUT2D eigenvalue weighted by atomic mass is 19.4. The molecule has 1 aromatic carbocycles. The van der Waals surface area contributed by atoms with Crippen molar-refractivity contribution >= 4 is 11.7 Å². The third kappa shape index (κ3) is 4.16. The van der Waals surface area contributed by atoms with Crippen LogP contribution >= 0.6 is 0 Å². The number of hydrogen-bond donors (Lipinski definition) is 1. The van der Waals surface area contributed by atoms with E-state index in [-0.39, 0.29) is 23.6 Å². The van der Waals surface area contributed by atoms with Crippen molar-refractivity contribution in [2.45, 2.75) is 38.6 Å². The molecule has 1 amide bonds. The highest BCUT2D eigenvalue weighted by molar-refractivity contribution is 5.73. The Morgan fingerprint density at radius 1 is 1.23 bits per heavy atom. The number of nitrogens with zero attached hydrogens (tertiary/aromatic N) is 4. The standard InChI is InChI=1S/C21H23F3N4O3/c1-12-9-19(28-7-8-31-18-5-6-27(13(2)29)11-16(18)28)25-26-20(12)15-4-3-14(10-17(15)30)21(22,23)24/h3-4,9-10,16,18,30H,5-8,11H2,1-2H3/t16-,18+/m0/s1. The van der Waals surface area contributed by atoms with Gasteiger partial charge in [-0.2, -0.15) is 13.2 Å². The molecular weight excluding hydrogens is 413 g/mol. The van der Waals surface area contributed by atoms with Gasteiger partial charge >= 0.3 is 6.18 Å². The highest BCUT2D eigenvalue weighted by Crippen LogP contribution is 2.37. The number of piperidine rings is 1. The van der Waals surface area contributed by atoms with E-state index in [9.17, 15) is 23.1 Å². The summed E-state index contributed by atoms with van der Waals surface area (Å²) in [4.78, 5) is 15.7. The summed E-state index contributed by atoms with van der Waals surface area (Å²) in [6, 6.07) is 4.55. The van der Waals surface area contributed by atoms with Gasteiger partial charge in [-0.3, -0.25) is 4.79 Å². The van der Waals surface area contributed by atoms with Crippen LogP contribution < -0.4 is 4.90 Å². The molecule has 31 heavy (non-hydrogen) atoms. The summed E-state index contributed by atoms with van der Waals surface area (Å²) in [5.41, 5.74) is 0.239. The second-order valence-corrected chi connectivity index (χ2v) is 7.89. The summed E-state index contributed by atoms with van der Waals surface area (Å²) in [6.07, 6.45) is -3.81. The average molecular weight is 436 g/mol. The fraction of sp³-hybridized carbons (Fsp3) is 0.476. The predicted molar refractivity (Wildman–Crippen MR) is 107 cm³/mol. The molecule has 166 valence electrons. The first-order valence-corrected chi connectivity index (χ1v) is 10.0. The van der Waals surface area contributed by atoms with Crippen LogP contribution in [0.1, 0.15) is 24.5 Å². The molecule has 1 aromatic heterocycles. The minimum absolute atomic E-state index is 0.00918. The van der Waals surface area contributed by atoms with Gasteiger partial charge in [0.15, 0.2) is 5.82 Å². The number of carbonyl (C=O) groups is 1. The Balaban J connectivity index is 1.62. The molecule has 2 aromatic rings. The number of aromatic hydroxyl groups is 1. The largest absolute Gasteiger partial charge is 0.507 e. The Morgan fingerprint density at radius 2 is 2.00 bits per heavy atom. The molecule has 2 aliphatic heterocycles. The maximum atomic E-state index is 12.9. The summed E-state index contributed by atoms with van der Waals surface area (Å²) >= 11 is 0. The van der Waals surface area contributed by atoms with Crippen molar-refractivity contribution in [2.75, 3.05) is 31.1 Å². The molecule has 0 bridgehead atoms. The molecule has 4 rings (SSSR count). The van der Waals surface area contributed by atoms with Gasteiger partial charge in [0.05, 0.1) is 30.0 Å². The lowest BCUT2D eigenvalue weighted by Crippen LogP contribution is -2.61. The Hall–Kier alpha value is -2.88. The molecule has 2 saturated heterocycles. The number of hydrogen-bond acceptors (Lipinski definition) is 6. The van der Waals surface area contributed by atoms with Crippen LogP contribution in [0.3, 0.4) is 0 Å². The van der Waals surface area contributed by atoms with E-state index in [0.29, 0.717) is 49.4 Å². The summed E-state index contributed by atoms with van der Waals surface area (Å²) in [6.45, 7) is 5.62. The third-order valence-corrected chi connectivity index (χ3v) is 5.88. The van der Waals surface area contributed by atoms with Crippen LogP contribution in [0, 0.1) is 6.92 Å². The van der Waals surface area contributed by atoms with E-state index >= 15 is 0 Å². The molecule has 2 atom stereocenters. The molecule has 1 N–H and O–H groups in total. The number of ether oxygens (including phenoxy) is 1. The van der Waals surface area contributed by atoms with Crippen LogP contribution in [-0.4, -0.2) is 64.5 Å². The van der Waals surface area contributed by atoms with Crippen molar-refractivity contribution in [1.29, 1.82) is 0 Å². The van der Waals surface area contributed by atoms with Crippen LogP contribution in [0.25, 0.3) is 11.3 Å². The fourth-order valence-electron chi connectivity index (χ4n) is 4.23. The third-order valence-electron chi connectivity index (χ3n) is 5.88. The second kappa shape index (κ2) is 7.99. The minimum atomic E-state index is -4.54. The molecule has 2 fully saturated rings. The van der Waals surface area contributed by atoms with Crippen LogP contribution in [0.4, 0.5) is 19.0 Å². The number of alkyl halides is 3. The molecule has 0 aliphatic carbocycles. The van der Waals surface area contributed by atoms with Gasteiger partial charge in [-0.25, -0.2) is 0 Å². The zero-order chi connectivity index (χ0) is 22.3. The van der Waals surface area contributed by atoms with E-state index in [0.717, 1.165) is 12.5 Å². The number of anilines is 1. The van der Waals surface area contributed by atoms with Gasteiger partial charge < -0.3 is 19.6 Å². The SMILES string of the molecule is CC(=O)N1CC[C@H]2OCCN(c3cc(C)c(-c4ccc(C(F)(F)F)cc4O)nn3)[C@H]2C1. The number of amides is 1. The molecule has 3 heterocycles. The van der Waals surface area contributed by atoms with Crippen molar-refractivity contribution in [3.63, 3.8) is 0 Å². The minimum Gasteiger partial charge on any atom is -0.507 e. The Kier molecular flexibility index (Phi) is 5.50. The molecule has 0 unspecified atom stereocenters. The molecule has 0 spiro atoms. The number of phenolic OH excluding ortho intramolecular Hbond substituents is 1. The van der Waals surface area contributed by atoms with Crippen LogP contribution in [0.2, 0.25) is 0 Å². The van der Waals surface area contributed by atoms with Crippen molar-refractivity contribution in [3.05, 3.63) is 35.4 Å². The first kappa shape index (κ1) is 21.4. The number of halogens is 3. The molecule has 0 radical (unpaired) electrons. The first-order chi connectivity index (χ1) is 14.6. The van der Waals surface area contributed by atoms with Crippen LogP contribution in [0.15, 0.2) is 24.3 Å². The number of rotatable bonds is 2. The van der Waals surface area contributed by atoms with Gasteiger partial charge in [-0.1, -0.05) is 0 Å². The lowest BCUT2D eigenvalue weighted by molar-refractivity contribution is -0.137. The Bertz CT molecular complexity index is 998. The van der Waals surface area contributed by atoms with Crippen molar-refractivity contribution in [3.8, 4) is 17.0 Å². The summed E-state index contributed by atoms with van der Waals surface area (Å²) in [5.74, 6) is 0.117. The zero-order valence-corrected chi connectivity index (χ0v) is 17.2. The number of morpholine rings is 1. The summed E-state index contributed by atoms with van der Waals surface area (Å²) < 4.78 is 44.5. The monoisotopic (exact) mass is 436 g/mol. The van der Waals surface area contributed by atoms with Crippen molar-refractivity contribution in [1.82, 2.24) is 15.1 Å². The zero-order valence-electron chi connectivity index (χ0n) is 17.2. The van der Waals surface area contributed by atoms with Crippen molar-refractivity contribution in [2.24, 2.45) is 0 Å². The topological polar surface area (TPSA) is 78.8 Å². The number of aromatic nitrogens is 2. The predicted octanol–water partition coefficient (Wildman–Crippen LogP) is 3.00.